The second kappa shape index (κ2) is 8.75. The maximum absolute atomic E-state index is 12.1. The fourth-order valence-electron chi connectivity index (χ4n) is 1.68. The maximum atomic E-state index is 12.1. The van der Waals surface area contributed by atoms with Crippen molar-refractivity contribution in [2.45, 2.75) is 26.3 Å². The molecular weight excluding hydrogens is 272 g/mol. The smallest absolute Gasteiger partial charge is 0.262 e. The van der Waals surface area contributed by atoms with Crippen LogP contribution in [0.25, 0.3) is 0 Å². The van der Waals surface area contributed by atoms with Gasteiger partial charge in [0.2, 0.25) is 0 Å². The molecule has 4 nitrogen and oxygen atoms in total. The van der Waals surface area contributed by atoms with Crippen molar-refractivity contribution in [3.63, 3.8) is 0 Å². The number of thiophene rings is 1. The Bertz CT molecular complexity index is 488. The molecule has 1 atom stereocenters. The van der Waals surface area contributed by atoms with Gasteiger partial charge in [0, 0.05) is 24.7 Å². The highest BCUT2D eigenvalue weighted by Gasteiger charge is 2.12. The Morgan fingerprint density at radius 2 is 2.35 bits per heavy atom. The van der Waals surface area contributed by atoms with E-state index in [4.69, 9.17) is 5.11 Å². The number of hydrogen-bond acceptors (Lipinski definition) is 4. The van der Waals surface area contributed by atoms with E-state index < -0.39 is 0 Å². The normalized spacial score (nSPS) is 11.8. The molecule has 0 radical (unpaired) electrons. The minimum Gasteiger partial charge on any atom is -0.384 e. The van der Waals surface area contributed by atoms with Crippen LogP contribution in [-0.4, -0.2) is 48.7 Å². The molecule has 1 unspecified atom stereocenters. The first kappa shape index (κ1) is 16.7. The summed E-state index contributed by atoms with van der Waals surface area (Å²) in [6.45, 7) is 5.56. The first-order valence-electron chi connectivity index (χ1n) is 6.75. The van der Waals surface area contributed by atoms with Crippen LogP contribution in [0.1, 0.15) is 35.5 Å². The lowest BCUT2D eigenvalue weighted by Crippen LogP contribution is -2.37. The molecule has 1 heterocycles. The summed E-state index contributed by atoms with van der Waals surface area (Å²) in [6.07, 6.45) is 1.09. The lowest BCUT2D eigenvalue weighted by Gasteiger charge is -2.23. The van der Waals surface area contributed by atoms with Crippen molar-refractivity contribution in [1.29, 1.82) is 0 Å². The number of carbonyl (C=O) groups is 1. The van der Waals surface area contributed by atoms with Crippen molar-refractivity contribution in [2.75, 3.05) is 26.7 Å². The van der Waals surface area contributed by atoms with Crippen LogP contribution in [0, 0.1) is 11.8 Å². The molecule has 1 aromatic heterocycles. The molecule has 1 rings (SSSR count). The van der Waals surface area contributed by atoms with Gasteiger partial charge in [-0.3, -0.25) is 4.79 Å². The van der Waals surface area contributed by atoms with Gasteiger partial charge in [0.1, 0.15) is 11.5 Å². The molecule has 2 N–H and O–H groups in total. The molecule has 0 aliphatic carbocycles. The lowest BCUT2D eigenvalue weighted by molar-refractivity contribution is 0.0951. The summed E-state index contributed by atoms with van der Waals surface area (Å²) in [7, 11) is 2.06. The Morgan fingerprint density at radius 1 is 1.60 bits per heavy atom. The molecular formula is C15H22N2O2S. The molecule has 110 valence electrons. The highest BCUT2D eigenvalue weighted by Crippen LogP contribution is 2.15. The summed E-state index contributed by atoms with van der Waals surface area (Å²) in [5.74, 6) is 5.26. The number of aliphatic hydroxyl groups is 1. The van der Waals surface area contributed by atoms with Crippen LogP contribution in [0.3, 0.4) is 0 Å². The van der Waals surface area contributed by atoms with Crippen molar-refractivity contribution in [3.05, 3.63) is 21.9 Å². The third-order valence-electron chi connectivity index (χ3n) is 3.27. The molecule has 20 heavy (non-hydrogen) atoms. The van der Waals surface area contributed by atoms with Crippen molar-refractivity contribution in [1.82, 2.24) is 10.2 Å². The van der Waals surface area contributed by atoms with E-state index in [1.54, 1.807) is 6.07 Å². The van der Waals surface area contributed by atoms with Gasteiger partial charge in [-0.25, -0.2) is 0 Å². The predicted octanol–water partition coefficient (Wildman–Crippen LogP) is 1.55. The Labute approximate surface area is 124 Å². The molecule has 0 fully saturated rings. The summed E-state index contributed by atoms with van der Waals surface area (Å²) < 4.78 is 0. The molecule has 0 aliphatic rings. The van der Waals surface area contributed by atoms with Crippen LogP contribution in [0.5, 0.6) is 0 Å². The summed E-state index contributed by atoms with van der Waals surface area (Å²) >= 11 is 1.37. The average Bonchev–Trinajstić information content (AvgIpc) is 2.92. The number of hydrogen-bond donors (Lipinski definition) is 2. The second-order valence-electron chi connectivity index (χ2n) is 4.62. The molecule has 0 spiro atoms. The molecule has 0 aliphatic heterocycles. The zero-order valence-electron chi connectivity index (χ0n) is 12.3. The number of rotatable bonds is 6. The van der Waals surface area contributed by atoms with Gasteiger partial charge in [0.25, 0.3) is 5.91 Å². The molecule has 1 amide bonds. The minimum absolute atomic E-state index is 0.0974. The van der Waals surface area contributed by atoms with E-state index in [1.165, 1.54) is 11.3 Å². The van der Waals surface area contributed by atoms with Crippen molar-refractivity contribution in [3.8, 4) is 11.8 Å². The minimum atomic E-state index is -0.198. The number of amides is 1. The van der Waals surface area contributed by atoms with E-state index in [0.717, 1.165) is 13.0 Å². The predicted molar refractivity (Wildman–Crippen MR) is 83.0 cm³/mol. The van der Waals surface area contributed by atoms with E-state index in [2.05, 4.69) is 43.0 Å². The fourth-order valence-corrected chi connectivity index (χ4v) is 2.44. The third-order valence-corrected chi connectivity index (χ3v) is 4.18. The van der Waals surface area contributed by atoms with Crippen LogP contribution in [0.15, 0.2) is 11.4 Å². The van der Waals surface area contributed by atoms with Gasteiger partial charge in [-0.05, 0) is 31.8 Å². The Hall–Kier alpha value is -1.35. The van der Waals surface area contributed by atoms with Crippen LogP contribution in [-0.2, 0) is 0 Å². The highest BCUT2D eigenvalue weighted by atomic mass is 32.1. The first-order valence-corrected chi connectivity index (χ1v) is 7.63. The van der Waals surface area contributed by atoms with Crippen molar-refractivity contribution in [2.24, 2.45) is 0 Å². The molecule has 0 saturated carbocycles. The fraction of sp³-hybridized carbons (Fsp3) is 0.533. The Morgan fingerprint density at radius 3 is 3.00 bits per heavy atom. The van der Waals surface area contributed by atoms with Gasteiger partial charge in [-0.15, -0.1) is 11.3 Å². The molecule has 5 heteroatoms. The van der Waals surface area contributed by atoms with Gasteiger partial charge in [-0.1, -0.05) is 18.8 Å². The van der Waals surface area contributed by atoms with E-state index in [0.29, 0.717) is 23.0 Å². The van der Waals surface area contributed by atoms with Crippen molar-refractivity contribution < 1.29 is 9.90 Å². The molecule has 0 aromatic carbocycles. The van der Waals surface area contributed by atoms with Crippen LogP contribution < -0.4 is 5.32 Å². The monoisotopic (exact) mass is 294 g/mol. The van der Waals surface area contributed by atoms with Crippen LogP contribution >= 0.6 is 11.3 Å². The second-order valence-corrected chi connectivity index (χ2v) is 5.53. The molecule has 1 aromatic rings. The summed E-state index contributed by atoms with van der Waals surface area (Å²) in [4.78, 5) is 14.9. The van der Waals surface area contributed by atoms with Crippen LogP contribution in [0.4, 0.5) is 0 Å². The van der Waals surface area contributed by atoms with E-state index in [9.17, 15) is 4.79 Å². The quantitative estimate of drug-likeness (QED) is 0.783. The third kappa shape index (κ3) is 4.97. The highest BCUT2D eigenvalue weighted by molar-refractivity contribution is 7.12. The Kier molecular flexibility index (Phi) is 7.31. The Balaban J connectivity index is 2.49. The zero-order valence-corrected chi connectivity index (χ0v) is 13.1. The summed E-state index contributed by atoms with van der Waals surface area (Å²) in [6, 6.07) is 2.31. The number of carbonyl (C=O) groups excluding carboxylic acids is 1. The first-order chi connectivity index (χ1) is 9.60. The molecule has 0 saturated heterocycles. The topological polar surface area (TPSA) is 52.6 Å². The maximum Gasteiger partial charge on any atom is 0.262 e. The summed E-state index contributed by atoms with van der Waals surface area (Å²) in [5.41, 5.74) is 0.678. The number of nitrogens with zero attached hydrogens (tertiary/aromatic N) is 1. The summed E-state index contributed by atoms with van der Waals surface area (Å²) in [5, 5.41) is 13.4. The zero-order chi connectivity index (χ0) is 15.0. The van der Waals surface area contributed by atoms with E-state index in [1.807, 2.05) is 5.38 Å². The van der Waals surface area contributed by atoms with E-state index in [-0.39, 0.29) is 12.5 Å². The number of aliphatic hydroxyl groups excluding tert-OH is 1. The molecule has 0 bridgehead atoms. The largest absolute Gasteiger partial charge is 0.384 e. The lowest BCUT2D eigenvalue weighted by atomic mass is 10.2. The van der Waals surface area contributed by atoms with Gasteiger partial charge in [0.05, 0.1) is 0 Å². The van der Waals surface area contributed by atoms with Crippen LogP contribution in [0.2, 0.25) is 0 Å². The SMILES string of the molecule is CCC(C)N(C)CCNC(=O)c1sccc1C#CCO. The standard InChI is InChI=1S/C15H22N2O2S/c1-4-12(2)17(3)9-8-16-15(19)14-13(6-5-10-18)7-11-20-14/h7,11-12,18H,4,8-10H2,1-3H3,(H,16,19). The number of likely N-dealkylation sites (N-methyl/N-ethyl adjacent to an activating group) is 1. The average molecular weight is 294 g/mol. The van der Waals surface area contributed by atoms with Gasteiger partial charge < -0.3 is 15.3 Å². The van der Waals surface area contributed by atoms with E-state index >= 15 is 0 Å². The van der Waals surface area contributed by atoms with Gasteiger partial charge in [-0.2, -0.15) is 0 Å². The number of nitrogens with one attached hydrogen (secondary N) is 1. The van der Waals surface area contributed by atoms with Gasteiger partial charge >= 0.3 is 0 Å². The van der Waals surface area contributed by atoms with Gasteiger partial charge in [0.15, 0.2) is 0 Å². The van der Waals surface area contributed by atoms with Crippen molar-refractivity contribution >= 4 is 17.2 Å².